The van der Waals surface area contributed by atoms with Crippen molar-refractivity contribution in [2.24, 2.45) is 11.8 Å². The quantitative estimate of drug-likeness (QED) is 0.299. The van der Waals surface area contributed by atoms with Crippen molar-refractivity contribution in [3.05, 3.63) is 54.1 Å². The highest BCUT2D eigenvalue weighted by Gasteiger charge is 2.23. The predicted molar refractivity (Wildman–Crippen MR) is 153 cm³/mol. The number of hydrogen-bond donors (Lipinski definition) is 2. The Morgan fingerprint density at radius 3 is 2.24 bits per heavy atom. The minimum atomic E-state index is -3.47. The van der Waals surface area contributed by atoms with Gasteiger partial charge in [0, 0.05) is 32.6 Å². The van der Waals surface area contributed by atoms with Crippen molar-refractivity contribution in [2.75, 3.05) is 37.4 Å². The molecule has 1 fully saturated rings. The van der Waals surface area contributed by atoms with Gasteiger partial charge in [-0.3, -0.25) is 0 Å². The van der Waals surface area contributed by atoms with Crippen LogP contribution in [0.15, 0.2) is 53.4 Å². The van der Waals surface area contributed by atoms with Crippen LogP contribution in [-0.4, -0.2) is 45.6 Å². The molecule has 0 aliphatic heterocycles. The van der Waals surface area contributed by atoms with E-state index in [1.165, 1.54) is 18.4 Å². The van der Waals surface area contributed by atoms with Crippen LogP contribution in [0.4, 0.5) is 11.8 Å². The molecule has 8 heteroatoms. The van der Waals surface area contributed by atoms with E-state index < -0.39 is 10.0 Å². The summed E-state index contributed by atoms with van der Waals surface area (Å²) in [5.74, 6) is 2.48. The van der Waals surface area contributed by atoms with Gasteiger partial charge in [-0.05, 0) is 80.2 Å². The fourth-order valence-corrected chi connectivity index (χ4v) is 6.20. The smallest absolute Gasteiger partial charge is 0.240 e. The summed E-state index contributed by atoms with van der Waals surface area (Å²) >= 11 is 0. The number of nitrogens with one attached hydrogen (secondary N) is 2. The van der Waals surface area contributed by atoms with Crippen LogP contribution in [-0.2, 0) is 16.4 Å². The fourth-order valence-electron chi connectivity index (χ4n) is 5.08. The lowest BCUT2D eigenvalue weighted by atomic mass is 9.82. The zero-order valence-corrected chi connectivity index (χ0v) is 23.2. The van der Waals surface area contributed by atoms with Crippen molar-refractivity contribution >= 4 is 32.7 Å². The van der Waals surface area contributed by atoms with Gasteiger partial charge in [0.05, 0.1) is 10.4 Å². The number of unbranched alkanes of at least 4 members (excludes halogenated alkanes) is 2. The molecule has 0 bridgehead atoms. The van der Waals surface area contributed by atoms with Crippen molar-refractivity contribution in [2.45, 2.75) is 63.2 Å². The molecule has 0 atom stereocenters. The Hall–Kier alpha value is -2.71. The molecule has 0 radical (unpaired) electrons. The normalized spacial score (nSPS) is 18.1. The number of aryl methyl sites for hydroxylation is 1. The number of rotatable bonds is 12. The van der Waals surface area contributed by atoms with Crippen molar-refractivity contribution < 1.29 is 8.42 Å². The first-order valence-corrected chi connectivity index (χ1v) is 15.1. The zero-order chi connectivity index (χ0) is 26.3. The third-order valence-electron chi connectivity index (χ3n) is 7.39. The second-order valence-electron chi connectivity index (χ2n) is 10.5. The monoisotopic (exact) mass is 523 g/mol. The molecule has 1 heterocycles. The number of nitrogens with zero attached hydrogens (tertiary/aromatic N) is 3. The SMILES string of the molecule is CCCCCc1ccc(S(=O)(=O)NC[C@H]2CC[C@H](CNc3nc(N(C)C)c4ccccc4n3)CC2)cc1. The summed E-state index contributed by atoms with van der Waals surface area (Å²) in [7, 11) is 0.522. The number of aromatic nitrogens is 2. The number of anilines is 2. The second kappa shape index (κ2) is 12.7. The van der Waals surface area contributed by atoms with Crippen LogP contribution in [0.5, 0.6) is 0 Å². The molecule has 1 aliphatic rings. The lowest BCUT2D eigenvalue weighted by Crippen LogP contribution is -2.32. The molecule has 200 valence electrons. The first-order chi connectivity index (χ1) is 17.9. The Kier molecular flexibility index (Phi) is 9.38. The summed E-state index contributed by atoms with van der Waals surface area (Å²) in [6.45, 7) is 3.52. The van der Waals surface area contributed by atoms with Crippen LogP contribution in [0.25, 0.3) is 10.9 Å². The highest BCUT2D eigenvalue weighted by molar-refractivity contribution is 7.89. The summed E-state index contributed by atoms with van der Waals surface area (Å²) < 4.78 is 28.5. The Morgan fingerprint density at radius 2 is 1.57 bits per heavy atom. The van der Waals surface area contributed by atoms with Crippen molar-refractivity contribution in [3.8, 4) is 0 Å². The van der Waals surface area contributed by atoms with Gasteiger partial charge in [-0.25, -0.2) is 18.1 Å². The molecule has 2 N–H and O–H groups in total. The van der Waals surface area contributed by atoms with Gasteiger partial charge in [-0.2, -0.15) is 4.98 Å². The van der Waals surface area contributed by atoms with E-state index in [4.69, 9.17) is 9.97 Å². The number of sulfonamides is 1. The zero-order valence-electron chi connectivity index (χ0n) is 22.4. The van der Waals surface area contributed by atoms with Crippen molar-refractivity contribution in [3.63, 3.8) is 0 Å². The molecule has 2 aromatic carbocycles. The first-order valence-electron chi connectivity index (χ1n) is 13.6. The minimum Gasteiger partial charge on any atom is -0.362 e. The van der Waals surface area contributed by atoms with Gasteiger partial charge in [0.2, 0.25) is 16.0 Å². The van der Waals surface area contributed by atoms with Gasteiger partial charge in [0.15, 0.2) is 0 Å². The molecule has 3 aromatic rings. The molecule has 0 spiro atoms. The van der Waals surface area contributed by atoms with E-state index >= 15 is 0 Å². The van der Waals surface area contributed by atoms with E-state index in [0.29, 0.717) is 29.2 Å². The summed E-state index contributed by atoms with van der Waals surface area (Å²) in [5, 5.41) is 4.50. The standard InChI is InChI=1S/C29H41N5O2S/c1-4-5-6-9-22-16-18-25(19-17-22)37(35,36)31-21-24-14-12-23(13-15-24)20-30-29-32-27-11-8-7-10-26(27)28(33-29)34(2)3/h7-8,10-11,16-19,23-24,31H,4-6,9,12-15,20-21H2,1-3H3,(H,30,32,33)/t23-,24-. The van der Waals surface area contributed by atoms with Crippen LogP contribution >= 0.6 is 0 Å². The molecule has 7 nitrogen and oxygen atoms in total. The van der Waals surface area contributed by atoms with Gasteiger partial charge in [0.1, 0.15) is 5.82 Å². The number of fused-ring (bicyclic) bond motifs is 1. The lowest BCUT2D eigenvalue weighted by molar-refractivity contribution is 0.284. The molecular weight excluding hydrogens is 482 g/mol. The van der Waals surface area contributed by atoms with E-state index in [0.717, 1.165) is 61.8 Å². The molecule has 0 saturated heterocycles. The predicted octanol–water partition coefficient (Wildman–Crippen LogP) is 5.63. The summed E-state index contributed by atoms with van der Waals surface area (Å²) in [6, 6.07) is 15.4. The van der Waals surface area contributed by atoms with E-state index in [-0.39, 0.29) is 0 Å². The maximum absolute atomic E-state index is 12.8. The average molecular weight is 524 g/mol. The van der Waals surface area contributed by atoms with Crippen LogP contribution in [0, 0.1) is 11.8 Å². The Bertz CT molecular complexity index is 1250. The molecule has 1 saturated carbocycles. The molecule has 37 heavy (non-hydrogen) atoms. The summed E-state index contributed by atoms with van der Waals surface area (Å²) in [5.41, 5.74) is 2.14. The van der Waals surface area contributed by atoms with Gasteiger partial charge in [-0.15, -0.1) is 0 Å². The number of hydrogen-bond acceptors (Lipinski definition) is 6. The molecule has 0 amide bonds. The molecular formula is C29H41N5O2S. The first kappa shape index (κ1) is 27.3. The van der Waals surface area contributed by atoms with Crippen LogP contribution in [0.2, 0.25) is 0 Å². The summed E-state index contributed by atoms with van der Waals surface area (Å²) in [4.78, 5) is 11.8. The second-order valence-corrected chi connectivity index (χ2v) is 12.3. The minimum absolute atomic E-state index is 0.358. The largest absolute Gasteiger partial charge is 0.362 e. The van der Waals surface area contributed by atoms with E-state index in [1.54, 1.807) is 12.1 Å². The highest BCUT2D eigenvalue weighted by Crippen LogP contribution is 2.29. The van der Waals surface area contributed by atoms with Crippen LogP contribution < -0.4 is 14.9 Å². The third-order valence-corrected chi connectivity index (χ3v) is 8.83. The van der Waals surface area contributed by atoms with Gasteiger partial charge in [0.25, 0.3) is 0 Å². The molecule has 4 rings (SSSR count). The number of para-hydroxylation sites is 1. The lowest BCUT2D eigenvalue weighted by Gasteiger charge is -2.28. The van der Waals surface area contributed by atoms with Crippen LogP contribution in [0.3, 0.4) is 0 Å². The Morgan fingerprint density at radius 1 is 0.892 bits per heavy atom. The van der Waals surface area contributed by atoms with E-state index in [1.807, 2.05) is 55.4 Å². The van der Waals surface area contributed by atoms with Gasteiger partial charge < -0.3 is 10.2 Å². The fraction of sp³-hybridized carbons (Fsp3) is 0.517. The molecule has 1 aliphatic carbocycles. The molecule has 0 unspecified atom stereocenters. The summed E-state index contributed by atoms with van der Waals surface area (Å²) in [6.07, 6.45) is 8.72. The van der Waals surface area contributed by atoms with E-state index in [2.05, 4.69) is 17.0 Å². The topological polar surface area (TPSA) is 87.2 Å². The molecule has 1 aromatic heterocycles. The van der Waals surface area contributed by atoms with Crippen molar-refractivity contribution in [1.82, 2.24) is 14.7 Å². The highest BCUT2D eigenvalue weighted by atomic mass is 32.2. The van der Waals surface area contributed by atoms with Gasteiger partial charge in [-0.1, -0.05) is 44.0 Å². The van der Waals surface area contributed by atoms with Crippen LogP contribution in [0.1, 0.15) is 57.4 Å². The average Bonchev–Trinajstić information content (AvgIpc) is 2.91. The van der Waals surface area contributed by atoms with E-state index in [9.17, 15) is 8.42 Å². The Labute approximate surface area is 222 Å². The van der Waals surface area contributed by atoms with Crippen molar-refractivity contribution in [1.29, 1.82) is 0 Å². The maximum atomic E-state index is 12.8. The maximum Gasteiger partial charge on any atom is 0.240 e. The number of benzene rings is 2. The van der Waals surface area contributed by atoms with Gasteiger partial charge >= 0.3 is 0 Å². The third kappa shape index (κ3) is 7.42. The Balaban J connectivity index is 1.24.